The maximum atomic E-state index is 2.32. The van der Waals surface area contributed by atoms with Gasteiger partial charge in [0.15, 0.2) is 0 Å². The lowest BCUT2D eigenvalue weighted by Crippen LogP contribution is -2.13. The lowest BCUT2D eigenvalue weighted by atomic mass is 9.78. The minimum Gasteiger partial charge on any atom is -0.0588 e. The van der Waals surface area contributed by atoms with Crippen molar-refractivity contribution in [2.75, 3.05) is 0 Å². The molecule has 0 N–H and O–H groups in total. The zero-order chi connectivity index (χ0) is 7.42. The first-order chi connectivity index (χ1) is 5.36. The molecular weight excluding hydrogens is 132 g/mol. The summed E-state index contributed by atoms with van der Waals surface area (Å²) in [6, 6.07) is 4.60. The van der Waals surface area contributed by atoms with E-state index < -0.39 is 0 Å². The van der Waals surface area contributed by atoms with Crippen molar-refractivity contribution in [1.29, 1.82) is 0 Å². The second kappa shape index (κ2) is 1.69. The van der Waals surface area contributed by atoms with Gasteiger partial charge in [0.25, 0.3) is 0 Å². The first kappa shape index (κ1) is 5.82. The number of hydrogen-bond acceptors (Lipinski definition) is 0. The van der Waals surface area contributed by atoms with Crippen LogP contribution in [0.4, 0.5) is 0 Å². The van der Waals surface area contributed by atoms with Crippen LogP contribution in [0.3, 0.4) is 0 Å². The Labute approximate surface area is 67.2 Å². The van der Waals surface area contributed by atoms with Gasteiger partial charge < -0.3 is 0 Å². The highest BCUT2D eigenvalue weighted by Crippen LogP contribution is 2.47. The van der Waals surface area contributed by atoms with Crippen LogP contribution in [-0.4, -0.2) is 0 Å². The summed E-state index contributed by atoms with van der Waals surface area (Å²) in [6.45, 7) is 2.25. The lowest BCUT2D eigenvalue weighted by Gasteiger charge is -2.26. The molecule has 0 saturated carbocycles. The van der Waals surface area contributed by atoms with E-state index in [2.05, 4.69) is 19.1 Å². The summed E-state index contributed by atoms with van der Waals surface area (Å²) in [6.07, 6.45) is 4.13. The molecule has 1 unspecified atom stereocenters. The van der Waals surface area contributed by atoms with E-state index in [-0.39, 0.29) is 0 Å². The molecule has 1 aromatic rings. The van der Waals surface area contributed by atoms with Crippen LogP contribution in [0.2, 0.25) is 0 Å². The molecule has 2 aliphatic rings. The summed E-state index contributed by atoms with van der Waals surface area (Å²) in [5.74, 6) is 0.958. The van der Waals surface area contributed by atoms with Crippen LogP contribution in [0.5, 0.6) is 0 Å². The van der Waals surface area contributed by atoms with Crippen LogP contribution in [0, 0.1) is 6.92 Å². The third kappa shape index (κ3) is 0.563. The van der Waals surface area contributed by atoms with Crippen molar-refractivity contribution in [2.45, 2.75) is 32.1 Å². The van der Waals surface area contributed by atoms with E-state index in [9.17, 15) is 0 Å². The second-order valence-corrected chi connectivity index (χ2v) is 3.87. The zero-order valence-electron chi connectivity index (χ0n) is 6.85. The Morgan fingerprint density at radius 1 is 1.36 bits per heavy atom. The molecule has 1 aromatic carbocycles. The molecule has 3 rings (SSSR count). The van der Waals surface area contributed by atoms with Gasteiger partial charge in [-0.05, 0) is 54.4 Å². The topological polar surface area (TPSA) is 0 Å². The van der Waals surface area contributed by atoms with Crippen LogP contribution in [0.1, 0.15) is 34.6 Å². The van der Waals surface area contributed by atoms with Crippen molar-refractivity contribution in [3.05, 3.63) is 34.4 Å². The van der Waals surface area contributed by atoms with Crippen molar-refractivity contribution in [3.8, 4) is 0 Å². The summed E-state index contributed by atoms with van der Waals surface area (Å²) in [7, 11) is 0. The van der Waals surface area contributed by atoms with Gasteiger partial charge in [-0.3, -0.25) is 0 Å². The van der Waals surface area contributed by atoms with Crippen LogP contribution in [0.25, 0.3) is 0 Å². The molecule has 2 aliphatic carbocycles. The maximum Gasteiger partial charge on any atom is -0.0113 e. The molecule has 0 aromatic heterocycles. The first-order valence-electron chi connectivity index (χ1n) is 4.47. The minimum atomic E-state index is 0.958. The number of rotatable bonds is 0. The van der Waals surface area contributed by atoms with E-state index in [4.69, 9.17) is 0 Å². The Kier molecular flexibility index (Phi) is 0.892. The second-order valence-electron chi connectivity index (χ2n) is 3.87. The van der Waals surface area contributed by atoms with Crippen molar-refractivity contribution in [2.24, 2.45) is 0 Å². The molecule has 0 saturated heterocycles. The highest BCUT2D eigenvalue weighted by molar-refractivity contribution is 5.52. The molecule has 0 spiro atoms. The van der Waals surface area contributed by atoms with Gasteiger partial charge in [0.2, 0.25) is 0 Å². The van der Waals surface area contributed by atoms with E-state index in [0.717, 1.165) is 5.92 Å². The highest BCUT2D eigenvalue weighted by atomic mass is 14.4. The molecule has 0 nitrogen and oxygen atoms in total. The van der Waals surface area contributed by atoms with Crippen LogP contribution < -0.4 is 0 Å². The first-order valence-corrected chi connectivity index (χ1v) is 4.47. The quantitative estimate of drug-likeness (QED) is 0.525. The van der Waals surface area contributed by atoms with Gasteiger partial charge in [-0.2, -0.15) is 0 Å². The third-order valence-corrected chi connectivity index (χ3v) is 3.30. The summed E-state index contributed by atoms with van der Waals surface area (Å²) < 4.78 is 0. The van der Waals surface area contributed by atoms with E-state index in [0.29, 0.717) is 0 Å². The van der Waals surface area contributed by atoms with E-state index in [1.165, 1.54) is 24.8 Å². The Balaban J connectivity index is 2.34. The third-order valence-electron chi connectivity index (χ3n) is 3.30. The van der Waals surface area contributed by atoms with Gasteiger partial charge in [0, 0.05) is 0 Å². The summed E-state index contributed by atoms with van der Waals surface area (Å²) in [5.41, 5.74) is 6.56. The lowest BCUT2D eigenvalue weighted by molar-refractivity contribution is 0.613. The van der Waals surface area contributed by atoms with E-state index in [1.54, 1.807) is 16.7 Å². The molecule has 0 aliphatic heterocycles. The Morgan fingerprint density at radius 3 is 3.09 bits per heavy atom. The number of benzene rings is 1. The van der Waals surface area contributed by atoms with Crippen LogP contribution in [-0.2, 0) is 12.8 Å². The molecule has 1 atom stereocenters. The van der Waals surface area contributed by atoms with Crippen molar-refractivity contribution in [1.82, 2.24) is 0 Å². The number of aryl methyl sites for hydroxylation is 1. The summed E-state index contributed by atoms with van der Waals surface area (Å²) >= 11 is 0. The molecular formula is C11H12. The standard InChI is InChI=1S/C11H12/c1-7-2-3-8-6-9-4-5-10(7)11(8)9/h2-3,9H,4-6H2,1H3. The summed E-state index contributed by atoms with van der Waals surface area (Å²) in [4.78, 5) is 0. The predicted octanol–water partition coefficient (Wildman–Crippen LogP) is 2.58. The average molecular weight is 144 g/mol. The van der Waals surface area contributed by atoms with Crippen LogP contribution in [0.15, 0.2) is 12.1 Å². The van der Waals surface area contributed by atoms with Gasteiger partial charge in [0.05, 0.1) is 0 Å². The van der Waals surface area contributed by atoms with Gasteiger partial charge in [-0.15, -0.1) is 0 Å². The highest BCUT2D eigenvalue weighted by Gasteiger charge is 2.33. The monoisotopic (exact) mass is 144 g/mol. The molecule has 0 fully saturated rings. The molecule has 11 heavy (non-hydrogen) atoms. The largest absolute Gasteiger partial charge is 0.0588 e. The molecule has 0 heteroatoms. The van der Waals surface area contributed by atoms with E-state index in [1.807, 2.05) is 0 Å². The van der Waals surface area contributed by atoms with Gasteiger partial charge in [-0.25, -0.2) is 0 Å². The zero-order valence-corrected chi connectivity index (χ0v) is 6.85. The normalized spacial score (nSPS) is 24.6. The Morgan fingerprint density at radius 2 is 2.27 bits per heavy atom. The van der Waals surface area contributed by atoms with Crippen LogP contribution >= 0.6 is 0 Å². The maximum absolute atomic E-state index is 2.32. The molecule has 0 bridgehead atoms. The average Bonchev–Trinajstić information content (AvgIpc) is 2.30. The fourth-order valence-corrected chi connectivity index (χ4v) is 2.64. The number of hydrogen-bond donors (Lipinski definition) is 0. The Bertz CT molecular complexity index is 308. The molecule has 56 valence electrons. The fraction of sp³-hybridized carbons (Fsp3) is 0.455. The van der Waals surface area contributed by atoms with E-state index >= 15 is 0 Å². The molecule has 0 amide bonds. The van der Waals surface area contributed by atoms with Gasteiger partial charge in [-0.1, -0.05) is 12.1 Å². The summed E-state index contributed by atoms with van der Waals surface area (Å²) in [5, 5.41) is 0. The molecule has 0 radical (unpaired) electrons. The minimum absolute atomic E-state index is 0.958. The van der Waals surface area contributed by atoms with Crippen molar-refractivity contribution in [3.63, 3.8) is 0 Å². The van der Waals surface area contributed by atoms with Crippen molar-refractivity contribution < 1.29 is 0 Å². The predicted molar refractivity (Wildman–Crippen MR) is 45.9 cm³/mol. The molecule has 0 heterocycles. The van der Waals surface area contributed by atoms with Gasteiger partial charge >= 0.3 is 0 Å². The SMILES string of the molecule is Cc1ccc2c3c1CCC3C2. The van der Waals surface area contributed by atoms with Gasteiger partial charge in [0.1, 0.15) is 0 Å². The van der Waals surface area contributed by atoms with Crippen molar-refractivity contribution >= 4 is 0 Å². The smallest absolute Gasteiger partial charge is 0.0113 e. The Hall–Kier alpha value is -0.780. The fourth-order valence-electron chi connectivity index (χ4n) is 2.64.